The third-order valence-corrected chi connectivity index (χ3v) is 2.40. The Hall–Kier alpha value is -0.870. The molecule has 2 aliphatic heterocycles. The minimum Gasteiger partial charge on any atom is -0.464 e. The first kappa shape index (κ1) is 8.72. The number of carbonyl (C=O) groups excluding carboxylic acids is 1. The Balaban J connectivity index is 1.88. The number of carbonyl (C=O) groups is 1. The van der Waals surface area contributed by atoms with Crippen LogP contribution in [-0.4, -0.2) is 31.3 Å². The number of nitrogens with two attached hydrogens (primary N) is 1. The fourth-order valence-corrected chi connectivity index (χ4v) is 1.77. The van der Waals surface area contributed by atoms with Crippen molar-refractivity contribution >= 4 is 5.97 Å². The topological polar surface area (TPSA) is 61.5 Å². The number of fused-ring (bicyclic) bond motifs is 2. The Morgan fingerprint density at radius 2 is 2.46 bits per heavy atom. The normalized spacial score (nSPS) is 35.3. The van der Waals surface area contributed by atoms with E-state index in [1.165, 1.54) is 0 Å². The Morgan fingerprint density at radius 1 is 1.62 bits per heavy atom. The zero-order chi connectivity index (χ0) is 9.26. The van der Waals surface area contributed by atoms with Crippen molar-refractivity contribution in [2.75, 3.05) is 13.2 Å². The van der Waals surface area contributed by atoms with Gasteiger partial charge in [-0.15, -0.1) is 0 Å². The molecule has 72 valence electrons. The number of esters is 1. The molecular formula is C9H13NO3. The van der Waals surface area contributed by atoms with Crippen molar-refractivity contribution in [2.45, 2.75) is 18.6 Å². The van der Waals surface area contributed by atoms with Crippen LogP contribution >= 0.6 is 0 Å². The smallest absolute Gasteiger partial charge is 0.312 e. The van der Waals surface area contributed by atoms with Crippen molar-refractivity contribution in [3.63, 3.8) is 0 Å². The molecular weight excluding hydrogens is 170 g/mol. The Morgan fingerprint density at radius 3 is 3.00 bits per heavy atom. The molecule has 4 nitrogen and oxygen atoms in total. The second-order valence-electron chi connectivity index (χ2n) is 3.32. The summed E-state index contributed by atoms with van der Waals surface area (Å²) >= 11 is 0. The molecule has 2 rings (SSSR count). The highest BCUT2D eigenvalue weighted by Crippen LogP contribution is 2.34. The SMILES string of the molecule is NCCOC(=O)C1CC2C=CC1O2. The van der Waals surface area contributed by atoms with Crippen LogP contribution in [0.25, 0.3) is 0 Å². The van der Waals surface area contributed by atoms with Gasteiger partial charge in [-0.2, -0.15) is 0 Å². The third-order valence-electron chi connectivity index (χ3n) is 2.40. The first-order valence-electron chi connectivity index (χ1n) is 4.52. The highest BCUT2D eigenvalue weighted by molar-refractivity contribution is 5.74. The number of hydrogen-bond acceptors (Lipinski definition) is 4. The van der Waals surface area contributed by atoms with E-state index in [0.29, 0.717) is 13.2 Å². The van der Waals surface area contributed by atoms with E-state index in [2.05, 4.69) is 0 Å². The molecule has 2 aliphatic rings. The number of ether oxygens (including phenoxy) is 2. The number of rotatable bonds is 3. The Labute approximate surface area is 76.7 Å². The van der Waals surface area contributed by atoms with Crippen molar-refractivity contribution < 1.29 is 14.3 Å². The van der Waals surface area contributed by atoms with Crippen LogP contribution in [-0.2, 0) is 14.3 Å². The van der Waals surface area contributed by atoms with Gasteiger partial charge in [-0.1, -0.05) is 12.2 Å². The summed E-state index contributed by atoms with van der Waals surface area (Å²) in [4.78, 5) is 11.4. The summed E-state index contributed by atoms with van der Waals surface area (Å²) in [5.74, 6) is -0.288. The van der Waals surface area contributed by atoms with Gasteiger partial charge in [-0.25, -0.2) is 0 Å². The Bertz CT molecular complexity index is 239. The lowest BCUT2D eigenvalue weighted by Gasteiger charge is -2.13. The molecule has 0 aromatic heterocycles. The van der Waals surface area contributed by atoms with Crippen molar-refractivity contribution in [3.8, 4) is 0 Å². The van der Waals surface area contributed by atoms with Gasteiger partial charge in [0.05, 0.1) is 18.1 Å². The minimum absolute atomic E-state index is 0.0599. The van der Waals surface area contributed by atoms with E-state index in [9.17, 15) is 4.79 Å². The van der Waals surface area contributed by atoms with Crippen molar-refractivity contribution in [2.24, 2.45) is 11.7 Å². The molecule has 0 aromatic rings. The zero-order valence-electron chi connectivity index (χ0n) is 7.31. The van der Waals surface area contributed by atoms with E-state index in [0.717, 1.165) is 6.42 Å². The van der Waals surface area contributed by atoms with Crippen LogP contribution in [0.5, 0.6) is 0 Å². The summed E-state index contributed by atoms with van der Waals surface area (Å²) in [7, 11) is 0. The Kier molecular flexibility index (Phi) is 2.33. The van der Waals surface area contributed by atoms with Gasteiger partial charge < -0.3 is 15.2 Å². The lowest BCUT2D eigenvalue weighted by molar-refractivity contribution is -0.149. The van der Waals surface area contributed by atoms with Gasteiger partial charge in [0.25, 0.3) is 0 Å². The molecule has 0 amide bonds. The maximum Gasteiger partial charge on any atom is 0.312 e. The van der Waals surface area contributed by atoms with E-state index in [4.69, 9.17) is 15.2 Å². The standard InChI is InChI=1S/C9H13NO3/c10-3-4-12-9(11)7-5-6-1-2-8(7)13-6/h1-2,6-8H,3-5,10H2. The van der Waals surface area contributed by atoms with Gasteiger partial charge in [-0.3, -0.25) is 4.79 Å². The molecule has 4 heteroatoms. The first-order valence-corrected chi connectivity index (χ1v) is 4.52. The fraction of sp³-hybridized carbons (Fsp3) is 0.667. The summed E-state index contributed by atoms with van der Waals surface area (Å²) in [6.07, 6.45) is 4.75. The average Bonchev–Trinajstić information content (AvgIpc) is 2.74. The lowest BCUT2D eigenvalue weighted by atomic mass is 9.95. The monoisotopic (exact) mass is 183 g/mol. The summed E-state index contributed by atoms with van der Waals surface area (Å²) in [5.41, 5.74) is 5.23. The van der Waals surface area contributed by atoms with Crippen LogP contribution < -0.4 is 5.73 Å². The van der Waals surface area contributed by atoms with E-state index in [1.54, 1.807) is 0 Å². The second-order valence-corrected chi connectivity index (χ2v) is 3.32. The first-order chi connectivity index (χ1) is 6.31. The minimum atomic E-state index is -0.178. The second kappa shape index (κ2) is 3.47. The van der Waals surface area contributed by atoms with E-state index >= 15 is 0 Å². The molecule has 0 radical (unpaired) electrons. The van der Waals surface area contributed by atoms with Crippen LogP contribution in [0, 0.1) is 5.92 Å². The third kappa shape index (κ3) is 1.59. The van der Waals surface area contributed by atoms with Gasteiger partial charge in [0.2, 0.25) is 0 Å². The largest absolute Gasteiger partial charge is 0.464 e. The molecule has 2 bridgehead atoms. The summed E-state index contributed by atoms with van der Waals surface area (Å²) in [6.45, 7) is 0.680. The molecule has 3 unspecified atom stereocenters. The lowest BCUT2D eigenvalue weighted by Crippen LogP contribution is -2.27. The summed E-state index contributed by atoms with van der Waals surface area (Å²) < 4.78 is 10.4. The highest BCUT2D eigenvalue weighted by Gasteiger charge is 2.41. The maximum absolute atomic E-state index is 11.4. The van der Waals surface area contributed by atoms with Crippen LogP contribution in [0.4, 0.5) is 0 Å². The molecule has 1 fully saturated rings. The quantitative estimate of drug-likeness (QED) is 0.487. The van der Waals surface area contributed by atoms with E-state index in [-0.39, 0.29) is 24.1 Å². The molecule has 0 spiro atoms. The van der Waals surface area contributed by atoms with E-state index in [1.807, 2.05) is 12.2 Å². The maximum atomic E-state index is 11.4. The average molecular weight is 183 g/mol. The molecule has 1 saturated heterocycles. The molecule has 0 aliphatic carbocycles. The van der Waals surface area contributed by atoms with Gasteiger partial charge in [-0.05, 0) is 6.42 Å². The predicted octanol–water partition coefficient (Wildman–Crippen LogP) is -0.168. The van der Waals surface area contributed by atoms with Crippen LogP contribution in [0.3, 0.4) is 0 Å². The van der Waals surface area contributed by atoms with Crippen molar-refractivity contribution in [1.29, 1.82) is 0 Å². The van der Waals surface area contributed by atoms with E-state index < -0.39 is 0 Å². The predicted molar refractivity (Wildman–Crippen MR) is 45.9 cm³/mol. The number of hydrogen-bond donors (Lipinski definition) is 1. The fourth-order valence-electron chi connectivity index (χ4n) is 1.77. The van der Waals surface area contributed by atoms with Crippen molar-refractivity contribution in [1.82, 2.24) is 0 Å². The van der Waals surface area contributed by atoms with Gasteiger partial charge in [0, 0.05) is 6.54 Å². The highest BCUT2D eigenvalue weighted by atomic mass is 16.5. The van der Waals surface area contributed by atoms with Crippen LogP contribution in [0.1, 0.15) is 6.42 Å². The summed E-state index contributed by atoms with van der Waals surface area (Å²) in [5, 5.41) is 0. The van der Waals surface area contributed by atoms with Crippen LogP contribution in [0.2, 0.25) is 0 Å². The van der Waals surface area contributed by atoms with Crippen molar-refractivity contribution in [3.05, 3.63) is 12.2 Å². The van der Waals surface area contributed by atoms with Gasteiger partial charge >= 0.3 is 5.97 Å². The van der Waals surface area contributed by atoms with Crippen LogP contribution in [0.15, 0.2) is 12.2 Å². The van der Waals surface area contributed by atoms with Gasteiger partial charge in [0.15, 0.2) is 0 Å². The summed E-state index contributed by atoms with van der Waals surface area (Å²) in [6, 6.07) is 0. The molecule has 2 heterocycles. The molecule has 0 saturated carbocycles. The molecule has 2 N–H and O–H groups in total. The molecule has 0 aromatic carbocycles. The van der Waals surface area contributed by atoms with Gasteiger partial charge in [0.1, 0.15) is 6.61 Å². The molecule has 3 atom stereocenters. The zero-order valence-corrected chi connectivity index (χ0v) is 7.31. The molecule has 13 heavy (non-hydrogen) atoms.